The fraction of sp³-hybridized carbons (Fsp3) is 0. The van der Waals surface area contributed by atoms with E-state index in [1.807, 2.05) is 0 Å². The van der Waals surface area contributed by atoms with Gasteiger partial charge in [0.25, 0.3) is 5.69 Å². The van der Waals surface area contributed by atoms with Crippen LogP contribution in [0, 0.1) is 10.1 Å². The van der Waals surface area contributed by atoms with Crippen LogP contribution >= 0.6 is 0 Å². The van der Waals surface area contributed by atoms with E-state index < -0.39 is 4.92 Å². The standard InChI is InChI=1S/C6H4NO2.Al/c8-7(9)6-4-2-1-3-5-6;/h1-2,4-5H;. The molecule has 48 valence electrons. The molecule has 0 saturated heterocycles. The van der Waals surface area contributed by atoms with Crippen molar-refractivity contribution in [1.82, 2.24) is 0 Å². The van der Waals surface area contributed by atoms with Gasteiger partial charge in [-0.15, -0.1) is 4.43 Å². The molecular formula is C6H4AlNO2. The highest BCUT2D eigenvalue weighted by atomic mass is 27.0. The van der Waals surface area contributed by atoms with Crippen LogP contribution in [-0.4, -0.2) is 21.2 Å². The maximum absolute atomic E-state index is 10.1. The highest BCUT2D eigenvalue weighted by Gasteiger charge is 2.00. The number of hydrogen-bond acceptors (Lipinski definition) is 2. The SMILES string of the molecule is O=[N+]([O-])c1ccc[c]([Al])c1. The van der Waals surface area contributed by atoms with Gasteiger partial charge in [0.05, 0.1) is 4.92 Å². The summed E-state index contributed by atoms with van der Waals surface area (Å²) in [5.74, 6) is 0. The Balaban J connectivity index is 3.07. The molecule has 0 unspecified atom stereocenters. The van der Waals surface area contributed by atoms with E-state index >= 15 is 0 Å². The molecule has 0 heterocycles. The van der Waals surface area contributed by atoms with Crippen LogP contribution in [0.4, 0.5) is 5.69 Å². The Labute approximate surface area is 66.2 Å². The first-order chi connectivity index (χ1) is 4.70. The molecule has 2 radical (unpaired) electrons. The second-order valence-corrected chi connectivity index (χ2v) is 2.52. The molecule has 0 aliphatic heterocycles. The predicted molar refractivity (Wildman–Crippen MR) is 38.5 cm³/mol. The summed E-state index contributed by atoms with van der Waals surface area (Å²) in [4.78, 5) is 9.74. The first kappa shape index (κ1) is 7.26. The average molecular weight is 149 g/mol. The monoisotopic (exact) mass is 149 g/mol. The van der Waals surface area contributed by atoms with E-state index in [-0.39, 0.29) is 5.69 Å². The van der Waals surface area contributed by atoms with Crippen molar-refractivity contribution < 1.29 is 4.92 Å². The Hall–Kier alpha value is -0.848. The summed E-state index contributed by atoms with van der Waals surface area (Å²) in [6.07, 6.45) is 0. The van der Waals surface area contributed by atoms with Crippen molar-refractivity contribution >= 4 is 26.4 Å². The second-order valence-electron chi connectivity index (χ2n) is 1.85. The summed E-state index contributed by atoms with van der Waals surface area (Å²) >= 11 is 2.40. The summed E-state index contributed by atoms with van der Waals surface area (Å²) in [5.41, 5.74) is 0.132. The normalized spacial score (nSPS) is 9.20. The van der Waals surface area contributed by atoms with E-state index in [4.69, 9.17) is 0 Å². The van der Waals surface area contributed by atoms with Gasteiger partial charge in [-0.3, -0.25) is 10.1 Å². The number of nitrogens with zero attached hydrogens (tertiary/aromatic N) is 1. The van der Waals surface area contributed by atoms with Crippen molar-refractivity contribution in [2.75, 3.05) is 0 Å². The first-order valence-electron chi connectivity index (χ1n) is 2.70. The molecule has 10 heavy (non-hydrogen) atoms. The van der Waals surface area contributed by atoms with Gasteiger partial charge in [-0.05, 0) is 0 Å². The summed E-state index contributed by atoms with van der Waals surface area (Å²) in [6.45, 7) is 0. The van der Waals surface area contributed by atoms with Crippen molar-refractivity contribution in [3.63, 3.8) is 0 Å². The lowest BCUT2D eigenvalue weighted by Crippen LogP contribution is -2.01. The summed E-state index contributed by atoms with van der Waals surface area (Å²) in [5, 5.41) is 10.1. The average Bonchev–Trinajstić information content (AvgIpc) is 1.88. The number of non-ortho nitro benzene ring substituents is 1. The molecule has 1 rings (SSSR count). The van der Waals surface area contributed by atoms with Gasteiger partial charge in [0.2, 0.25) is 0 Å². The quantitative estimate of drug-likeness (QED) is 0.329. The van der Waals surface area contributed by atoms with Crippen molar-refractivity contribution in [2.45, 2.75) is 0 Å². The number of nitro groups is 1. The molecule has 1 aromatic carbocycles. The maximum Gasteiger partial charge on any atom is 0.268 e. The van der Waals surface area contributed by atoms with E-state index in [1.54, 1.807) is 12.1 Å². The first-order valence-corrected chi connectivity index (χ1v) is 3.28. The third-order valence-electron chi connectivity index (χ3n) is 1.08. The third-order valence-corrected chi connectivity index (χ3v) is 1.44. The van der Waals surface area contributed by atoms with Gasteiger partial charge in [-0.1, -0.05) is 12.1 Å². The highest BCUT2D eigenvalue weighted by Crippen LogP contribution is 2.05. The van der Waals surface area contributed by atoms with Gasteiger partial charge in [-0.2, -0.15) is 0 Å². The molecular weight excluding hydrogens is 145 g/mol. The fourth-order valence-corrected chi connectivity index (χ4v) is 0.920. The van der Waals surface area contributed by atoms with Gasteiger partial charge in [-0.25, -0.2) is 0 Å². The minimum absolute atomic E-state index is 0.132. The van der Waals surface area contributed by atoms with Gasteiger partial charge in [0, 0.05) is 12.1 Å². The van der Waals surface area contributed by atoms with Crippen molar-refractivity contribution in [2.24, 2.45) is 0 Å². The van der Waals surface area contributed by atoms with E-state index in [0.29, 0.717) is 0 Å². The van der Waals surface area contributed by atoms with Gasteiger partial charge < -0.3 is 0 Å². The molecule has 0 saturated carbocycles. The molecule has 0 aromatic heterocycles. The van der Waals surface area contributed by atoms with Crippen LogP contribution in [0.1, 0.15) is 0 Å². The maximum atomic E-state index is 10.1. The lowest BCUT2D eigenvalue weighted by atomic mass is 10.3. The molecule has 4 heteroatoms. The molecule has 0 N–H and O–H groups in total. The number of hydrogen-bond donors (Lipinski definition) is 0. The molecule has 0 bridgehead atoms. The lowest BCUT2D eigenvalue weighted by Gasteiger charge is -1.91. The van der Waals surface area contributed by atoms with Crippen LogP contribution < -0.4 is 4.43 Å². The molecule has 0 aliphatic carbocycles. The Bertz CT molecular complexity index is 262. The summed E-state index contributed by atoms with van der Waals surface area (Å²) in [7, 11) is 0. The van der Waals surface area contributed by atoms with Crippen LogP contribution in [0.25, 0.3) is 0 Å². The highest BCUT2D eigenvalue weighted by molar-refractivity contribution is 6.32. The van der Waals surface area contributed by atoms with Gasteiger partial charge in [0.15, 0.2) is 16.3 Å². The Morgan fingerprint density at radius 1 is 1.50 bits per heavy atom. The minimum Gasteiger partial charge on any atom is -0.258 e. The zero-order valence-corrected chi connectivity index (χ0v) is 6.31. The van der Waals surface area contributed by atoms with Crippen molar-refractivity contribution in [3.8, 4) is 0 Å². The van der Waals surface area contributed by atoms with Crippen LogP contribution in [0.2, 0.25) is 0 Å². The lowest BCUT2D eigenvalue weighted by molar-refractivity contribution is -0.384. The summed E-state index contributed by atoms with van der Waals surface area (Å²) < 4.78 is 0.828. The number of benzene rings is 1. The van der Waals surface area contributed by atoms with Gasteiger partial charge in [0.1, 0.15) is 0 Å². The molecule has 0 aliphatic rings. The number of rotatable bonds is 1. The zero-order valence-electron chi connectivity index (χ0n) is 5.15. The molecule has 0 amide bonds. The number of nitro benzene ring substituents is 1. The smallest absolute Gasteiger partial charge is 0.258 e. The minimum atomic E-state index is -0.409. The van der Waals surface area contributed by atoms with Crippen molar-refractivity contribution in [1.29, 1.82) is 0 Å². The largest absolute Gasteiger partial charge is 0.268 e. The van der Waals surface area contributed by atoms with Crippen molar-refractivity contribution in [3.05, 3.63) is 34.4 Å². The second kappa shape index (κ2) is 2.82. The molecule has 1 aromatic rings. The summed E-state index contributed by atoms with van der Waals surface area (Å²) in [6, 6.07) is 6.41. The zero-order chi connectivity index (χ0) is 7.56. The molecule has 0 spiro atoms. The Morgan fingerprint density at radius 2 is 2.20 bits per heavy atom. The molecule has 3 nitrogen and oxygen atoms in total. The van der Waals surface area contributed by atoms with E-state index in [1.165, 1.54) is 12.1 Å². The third kappa shape index (κ3) is 1.57. The van der Waals surface area contributed by atoms with Crippen LogP contribution in [-0.2, 0) is 0 Å². The Morgan fingerprint density at radius 3 is 2.60 bits per heavy atom. The van der Waals surface area contributed by atoms with E-state index in [2.05, 4.69) is 16.3 Å². The van der Waals surface area contributed by atoms with E-state index in [9.17, 15) is 10.1 Å². The van der Waals surface area contributed by atoms with Crippen LogP contribution in [0.3, 0.4) is 0 Å². The Kier molecular flexibility index (Phi) is 2.05. The van der Waals surface area contributed by atoms with Crippen LogP contribution in [0.5, 0.6) is 0 Å². The van der Waals surface area contributed by atoms with Gasteiger partial charge >= 0.3 is 0 Å². The predicted octanol–water partition coefficient (Wildman–Crippen LogP) is 0.389. The molecule has 0 atom stereocenters. The van der Waals surface area contributed by atoms with Crippen LogP contribution in [0.15, 0.2) is 24.3 Å². The topological polar surface area (TPSA) is 43.1 Å². The fourth-order valence-electron chi connectivity index (χ4n) is 0.638. The molecule has 0 fully saturated rings. The van der Waals surface area contributed by atoms with E-state index in [0.717, 1.165) is 4.43 Å².